The Labute approximate surface area is 97.0 Å². The van der Waals surface area contributed by atoms with Crippen LogP contribution >= 0.6 is 0 Å². The van der Waals surface area contributed by atoms with E-state index in [9.17, 15) is 14.4 Å². The van der Waals surface area contributed by atoms with E-state index in [0.29, 0.717) is 0 Å². The zero-order valence-electron chi connectivity index (χ0n) is 9.10. The molecule has 0 unspecified atom stereocenters. The summed E-state index contributed by atoms with van der Waals surface area (Å²) in [6, 6.07) is 3.83. The number of esters is 1. The molecule has 1 aromatic carbocycles. The second-order valence-corrected chi connectivity index (χ2v) is 3.41. The number of Topliss-reactive ketones (excluding diaryl/α,β-unsaturated/α-hetero) is 1. The van der Waals surface area contributed by atoms with E-state index in [1.54, 1.807) is 0 Å². The predicted molar refractivity (Wildman–Crippen MR) is 58.7 cm³/mol. The zero-order chi connectivity index (χ0) is 13.0. The molecule has 6 nitrogen and oxygen atoms in total. The molecule has 1 rings (SSSR count). The number of aromatic carboxylic acids is 1. The Morgan fingerprint density at radius 2 is 2.00 bits per heavy atom. The molecule has 0 amide bonds. The first kappa shape index (κ1) is 12.7. The third-order valence-electron chi connectivity index (χ3n) is 1.85. The Balaban J connectivity index is 2.96. The summed E-state index contributed by atoms with van der Waals surface area (Å²) in [4.78, 5) is 32.8. The molecule has 0 bridgehead atoms. The number of nitrogens with two attached hydrogens (primary N) is 1. The Morgan fingerprint density at radius 1 is 1.35 bits per heavy atom. The second kappa shape index (κ2) is 5.11. The molecule has 0 aliphatic carbocycles. The zero-order valence-corrected chi connectivity index (χ0v) is 9.10. The number of carboxylic acid groups (broad SMARTS) is 1. The molecule has 0 atom stereocenters. The van der Waals surface area contributed by atoms with Crippen LogP contribution < -0.4 is 10.5 Å². The van der Waals surface area contributed by atoms with Gasteiger partial charge in [-0.15, -0.1) is 0 Å². The summed E-state index contributed by atoms with van der Waals surface area (Å²) in [7, 11) is 0. The normalized spacial score (nSPS) is 9.71. The van der Waals surface area contributed by atoms with Crippen LogP contribution in [0.4, 0.5) is 5.69 Å². The Hall–Kier alpha value is -2.37. The maximum atomic E-state index is 11.2. The number of carboxylic acids is 1. The molecular weight excluding hydrogens is 226 g/mol. The van der Waals surface area contributed by atoms with E-state index in [1.165, 1.54) is 25.1 Å². The third kappa shape index (κ3) is 3.60. The van der Waals surface area contributed by atoms with Gasteiger partial charge in [-0.3, -0.25) is 9.59 Å². The highest BCUT2D eigenvalue weighted by Gasteiger charge is 2.15. The largest absolute Gasteiger partial charge is 0.478 e. The molecule has 0 aliphatic heterocycles. The fourth-order valence-corrected chi connectivity index (χ4v) is 1.16. The van der Waals surface area contributed by atoms with Gasteiger partial charge in [0.2, 0.25) is 0 Å². The van der Waals surface area contributed by atoms with Gasteiger partial charge in [-0.2, -0.15) is 0 Å². The van der Waals surface area contributed by atoms with E-state index in [0.717, 1.165) is 0 Å². The fraction of sp³-hybridized carbons (Fsp3) is 0.182. The molecule has 0 spiro atoms. The van der Waals surface area contributed by atoms with Crippen LogP contribution in [0.3, 0.4) is 0 Å². The molecule has 6 heteroatoms. The Kier molecular flexibility index (Phi) is 3.82. The standard InChI is InChI=1S/C11H11NO5/c1-6(13)4-10(14)17-9-5-7(12)2-3-8(9)11(15)16/h2-3,5H,4,12H2,1H3,(H,15,16). The van der Waals surface area contributed by atoms with Crippen molar-refractivity contribution in [3.05, 3.63) is 23.8 Å². The Morgan fingerprint density at radius 3 is 2.53 bits per heavy atom. The third-order valence-corrected chi connectivity index (χ3v) is 1.85. The van der Waals surface area contributed by atoms with Gasteiger partial charge in [0.05, 0.1) is 0 Å². The number of nitrogen functional groups attached to an aromatic ring is 1. The van der Waals surface area contributed by atoms with E-state index in [4.69, 9.17) is 15.6 Å². The topological polar surface area (TPSA) is 107 Å². The summed E-state index contributed by atoms with van der Waals surface area (Å²) < 4.78 is 4.78. The van der Waals surface area contributed by atoms with E-state index >= 15 is 0 Å². The van der Waals surface area contributed by atoms with Crippen LogP contribution in [0.2, 0.25) is 0 Å². The highest BCUT2D eigenvalue weighted by atomic mass is 16.5. The average molecular weight is 237 g/mol. The highest BCUT2D eigenvalue weighted by Crippen LogP contribution is 2.22. The van der Waals surface area contributed by atoms with Crippen molar-refractivity contribution in [2.45, 2.75) is 13.3 Å². The molecule has 0 saturated carbocycles. The number of carbonyl (C=O) groups is 3. The van der Waals surface area contributed by atoms with Crippen molar-refractivity contribution in [1.29, 1.82) is 0 Å². The monoisotopic (exact) mass is 237 g/mol. The first-order valence-corrected chi connectivity index (χ1v) is 4.73. The van der Waals surface area contributed by atoms with Gasteiger partial charge >= 0.3 is 11.9 Å². The van der Waals surface area contributed by atoms with Crippen LogP contribution in [0, 0.1) is 0 Å². The minimum atomic E-state index is -1.24. The first-order valence-electron chi connectivity index (χ1n) is 4.73. The van der Waals surface area contributed by atoms with Crippen LogP contribution in [-0.2, 0) is 9.59 Å². The van der Waals surface area contributed by atoms with Gasteiger partial charge in [0.15, 0.2) is 0 Å². The molecule has 0 fully saturated rings. The van der Waals surface area contributed by atoms with Crippen molar-refractivity contribution in [1.82, 2.24) is 0 Å². The SMILES string of the molecule is CC(=O)CC(=O)Oc1cc(N)ccc1C(=O)O. The van der Waals surface area contributed by atoms with Crippen molar-refractivity contribution in [3.8, 4) is 5.75 Å². The molecule has 3 N–H and O–H groups in total. The van der Waals surface area contributed by atoms with Gasteiger partial charge in [-0.25, -0.2) is 4.79 Å². The number of carbonyl (C=O) groups excluding carboxylic acids is 2. The van der Waals surface area contributed by atoms with Gasteiger partial charge in [-0.1, -0.05) is 0 Å². The molecule has 17 heavy (non-hydrogen) atoms. The van der Waals surface area contributed by atoms with E-state index in [-0.39, 0.29) is 22.8 Å². The van der Waals surface area contributed by atoms with Crippen LogP contribution in [0.25, 0.3) is 0 Å². The lowest BCUT2D eigenvalue weighted by atomic mass is 10.2. The lowest BCUT2D eigenvalue weighted by Crippen LogP contribution is -2.14. The lowest BCUT2D eigenvalue weighted by Gasteiger charge is -2.07. The Bertz CT molecular complexity index is 481. The number of ketones is 1. The van der Waals surface area contributed by atoms with Crippen molar-refractivity contribution in [2.75, 3.05) is 5.73 Å². The molecule has 0 aliphatic rings. The number of hydrogen-bond donors (Lipinski definition) is 2. The van der Waals surface area contributed by atoms with Gasteiger partial charge in [0, 0.05) is 11.8 Å². The van der Waals surface area contributed by atoms with Crippen molar-refractivity contribution in [2.24, 2.45) is 0 Å². The van der Waals surface area contributed by atoms with Crippen molar-refractivity contribution in [3.63, 3.8) is 0 Å². The molecule has 90 valence electrons. The van der Waals surface area contributed by atoms with Gasteiger partial charge in [0.1, 0.15) is 23.5 Å². The maximum Gasteiger partial charge on any atom is 0.339 e. The number of rotatable bonds is 4. The van der Waals surface area contributed by atoms with Gasteiger partial charge in [-0.05, 0) is 19.1 Å². The smallest absolute Gasteiger partial charge is 0.339 e. The van der Waals surface area contributed by atoms with Crippen LogP contribution in [0.5, 0.6) is 5.75 Å². The first-order chi connectivity index (χ1) is 7.90. The summed E-state index contributed by atoms with van der Waals surface area (Å²) in [6.45, 7) is 1.23. The van der Waals surface area contributed by atoms with E-state index in [2.05, 4.69) is 0 Å². The molecule has 1 aromatic rings. The van der Waals surface area contributed by atoms with Gasteiger partial charge in [0.25, 0.3) is 0 Å². The summed E-state index contributed by atoms with van der Waals surface area (Å²) in [5.41, 5.74) is 5.53. The van der Waals surface area contributed by atoms with Crippen LogP contribution in [0.15, 0.2) is 18.2 Å². The van der Waals surface area contributed by atoms with E-state index < -0.39 is 18.4 Å². The average Bonchev–Trinajstić information content (AvgIpc) is 2.15. The fourth-order valence-electron chi connectivity index (χ4n) is 1.16. The summed E-state index contributed by atoms with van der Waals surface area (Å²) in [6.07, 6.45) is -0.409. The highest BCUT2D eigenvalue weighted by molar-refractivity contribution is 5.97. The van der Waals surface area contributed by atoms with Crippen molar-refractivity contribution < 1.29 is 24.2 Å². The molecule has 0 radical (unpaired) electrons. The summed E-state index contributed by atoms with van der Waals surface area (Å²) in [5, 5.41) is 8.85. The van der Waals surface area contributed by atoms with E-state index in [1.807, 2.05) is 0 Å². The minimum absolute atomic E-state index is 0.163. The molecule has 0 aromatic heterocycles. The number of ether oxygens (including phenoxy) is 1. The van der Waals surface area contributed by atoms with Crippen LogP contribution in [0.1, 0.15) is 23.7 Å². The van der Waals surface area contributed by atoms with Crippen molar-refractivity contribution >= 4 is 23.4 Å². The quantitative estimate of drug-likeness (QED) is 0.348. The molecule has 0 heterocycles. The minimum Gasteiger partial charge on any atom is -0.478 e. The maximum absolute atomic E-state index is 11.2. The summed E-state index contributed by atoms with van der Waals surface area (Å²) in [5.74, 6) is -2.58. The number of anilines is 1. The summed E-state index contributed by atoms with van der Waals surface area (Å²) >= 11 is 0. The van der Waals surface area contributed by atoms with Gasteiger partial charge < -0.3 is 15.6 Å². The lowest BCUT2D eigenvalue weighted by molar-refractivity contribution is -0.137. The number of hydrogen-bond acceptors (Lipinski definition) is 5. The number of benzene rings is 1. The second-order valence-electron chi connectivity index (χ2n) is 3.41. The molecule has 0 saturated heterocycles. The predicted octanol–water partition coefficient (Wildman–Crippen LogP) is 0.852. The molecular formula is C11H11NO5. The van der Waals surface area contributed by atoms with Crippen LogP contribution in [-0.4, -0.2) is 22.8 Å².